The van der Waals surface area contributed by atoms with Crippen molar-refractivity contribution in [3.63, 3.8) is 0 Å². The van der Waals surface area contributed by atoms with Crippen molar-refractivity contribution in [2.45, 2.75) is 32.7 Å². The molecule has 1 aromatic rings. The van der Waals surface area contributed by atoms with Crippen molar-refractivity contribution in [1.82, 2.24) is 10.2 Å². The summed E-state index contributed by atoms with van der Waals surface area (Å²) in [6.45, 7) is 8.49. The Morgan fingerprint density at radius 3 is 2.35 bits per heavy atom. The zero-order chi connectivity index (χ0) is 19.1. The number of rotatable bonds is 5. The zero-order valence-electron chi connectivity index (χ0n) is 15.1. The van der Waals surface area contributed by atoms with Crippen molar-refractivity contribution in [3.8, 4) is 5.75 Å². The third-order valence-corrected chi connectivity index (χ3v) is 4.06. The maximum Gasteiger partial charge on any atom is 0.513 e. The number of amides is 2. The van der Waals surface area contributed by atoms with Gasteiger partial charge in [-0.1, -0.05) is 6.58 Å². The fraction of sp³-hybridized carbons (Fsp3) is 0.421. The van der Waals surface area contributed by atoms with E-state index < -0.39 is 6.16 Å². The first-order chi connectivity index (χ1) is 12.4. The molecule has 1 aliphatic heterocycles. The lowest BCUT2D eigenvalue weighted by Gasteiger charge is -2.32. The second kappa shape index (κ2) is 9.03. The van der Waals surface area contributed by atoms with Crippen LogP contribution in [-0.2, 0) is 9.53 Å². The molecule has 140 valence electrons. The normalized spacial score (nSPS) is 14.5. The van der Waals surface area contributed by atoms with Gasteiger partial charge in [0.15, 0.2) is 0 Å². The number of hydrogen-bond donors (Lipinski definition) is 1. The second-order valence-corrected chi connectivity index (χ2v) is 6.13. The Bertz CT molecular complexity index is 676. The molecule has 7 nitrogen and oxygen atoms in total. The average Bonchev–Trinajstić information content (AvgIpc) is 2.62. The molecule has 1 aliphatic rings. The molecule has 1 heterocycles. The van der Waals surface area contributed by atoms with Crippen LogP contribution in [-0.4, -0.2) is 48.6 Å². The molecular weight excluding hydrogens is 336 g/mol. The van der Waals surface area contributed by atoms with E-state index in [2.05, 4.69) is 11.9 Å². The van der Waals surface area contributed by atoms with E-state index in [-0.39, 0.29) is 24.5 Å². The number of ether oxygens (including phenoxy) is 2. The van der Waals surface area contributed by atoms with E-state index in [9.17, 15) is 14.4 Å². The van der Waals surface area contributed by atoms with Crippen molar-refractivity contribution in [3.05, 3.63) is 42.0 Å². The summed E-state index contributed by atoms with van der Waals surface area (Å²) < 4.78 is 9.65. The van der Waals surface area contributed by atoms with Gasteiger partial charge >= 0.3 is 6.16 Å². The van der Waals surface area contributed by atoms with Gasteiger partial charge in [-0.15, -0.1) is 0 Å². The molecule has 2 rings (SSSR count). The maximum atomic E-state index is 12.3. The first-order valence-electron chi connectivity index (χ1n) is 8.61. The standard InChI is InChI=1S/C19H24N2O5/c1-4-25-19(24)26-16-7-5-14(6-8-16)17(22)20-15-9-11-21(12-10-15)18(23)13(2)3/h5-8,15H,2,4,9-12H2,1,3H3,(H,20,22). The predicted octanol–water partition coefficient (Wildman–Crippen LogP) is 2.52. The number of nitrogens with zero attached hydrogens (tertiary/aromatic N) is 1. The van der Waals surface area contributed by atoms with Crippen LogP contribution in [0.1, 0.15) is 37.0 Å². The SMILES string of the molecule is C=C(C)C(=O)N1CCC(NC(=O)c2ccc(OC(=O)OCC)cc2)CC1. The van der Waals surface area contributed by atoms with Crippen LogP contribution in [0.4, 0.5) is 4.79 Å². The van der Waals surface area contributed by atoms with Gasteiger partial charge in [-0.2, -0.15) is 0 Å². The summed E-state index contributed by atoms with van der Waals surface area (Å²) in [6.07, 6.45) is 0.629. The summed E-state index contributed by atoms with van der Waals surface area (Å²) >= 11 is 0. The zero-order valence-corrected chi connectivity index (χ0v) is 15.1. The van der Waals surface area contributed by atoms with Crippen LogP contribution >= 0.6 is 0 Å². The van der Waals surface area contributed by atoms with E-state index in [4.69, 9.17) is 9.47 Å². The largest absolute Gasteiger partial charge is 0.513 e. The molecule has 0 aromatic heterocycles. The molecule has 1 fully saturated rings. The van der Waals surface area contributed by atoms with Crippen molar-refractivity contribution in [1.29, 1.82) is 0 Å². The lowest BCUT2D eigenvalue weighted by Crippen LogP contribution is -2.46. The summed E-state index contributed by atoms with van der Waals surface area (Å²) in [5.41, 5.74) is 0.999. The molecule has 0 spiro atoms. The van der Waals surface area contributed by atoms with Gasteiger partial charge in [-0.3, -0.25) is 9.59 Å². The first kappa shape index (κ1) is 19.5. The van der Waals surface area contributed by atoms with Crippen LogP contribution in [0.2, 0.25) is 0 Å². The molecule has 0 atom stereocenters. The molecule has 0 saturated carbocycles. The van der Waals surface area contributed by atoms with Crippen molar-refractivity contribution < 1.29 is 23.9 Å². The average molecular weight is 360 g/mol. The summed E-state index contributed by atoms with van der Waals surface area (Å²) in [6, 6.07) is 6.28. The lowest BCUT2D eigenvalue weighted by molar-refractivity contribution is -0.128. The lowest BCUT2D eigenvalue weighted by atomic mass is 10.0. The van der Waals surface area contributed by atoms with Crippen LogP contribution < -0.4 is 10.1 Å². The molecule has 0 unspecified atom stereocenters. The van der Waals surface area contributed by atoms with Gasteiger partial charge < -0.3 is 19.7 Å². The highest BCUT2D eigenvalue weighted by atomic mass is 16.7. The highest BCUT2D eigenvalue weighted by Crippen LogP contribution is 2.15. The molecule has 1 N–H and O–H groups in total. The Hall–Kier alpha value is -2.83. The van der Waals surface area contributed by atoms with Gasteiger partial charge in [-0.25, -0.2) is 4.79 Å². The van der Waals surface area contributed by atoms with Crippen LogP contribution in [0.3, 0.4) is 0 Å². The monoisotopic (exact) mass is 360 g/mol. The maximum absolute atomic E-state index is 12.3. The van der Waals surface area contributed by atoms with E-state index in [0.717, 1.165) is 0 Å². The van der Waals surface area contributed by atoms with Crippen LogP contribution in [0.25, 0.3) is 0 Å². The van der Waals surface area contributed by atoms with Crippen molar-refractivity contribution in [2.75, 3.05) is 19.7 Å². The number of likely N-dealkylation sites (tertiary alicyclic amines) is 1. The Morgan fingerprint density at radius 2 is 1.81 bits per heavy atom. The summed E-state index contributed by atoms with van der Waals surface area (Å²) in [5.74, 6) is 0.0796. The van der Waals surface area contributed by atoms with Crippen LogP contribution in [0.15, 0.2) is 36.4 Å². The molecule has 0 bridgehead atoms. The third-order valence-electron chi connectivity index (χ3n) is 4.06. The molecule has 26 heavy (non-hydrogen) atoms. The molecule has 0 radical (unpaired) electrons. The highest BCUT2D eigenvalue weighted by molar-refractivity contribution is 5.94. The number of nitrogens with one attached hydrogen (secondary N) is 1. The summed E-state index contributed by atoms with van der Waals surface area (Å²) in [4.78, 5) is 37.2. The molecule has 0 aliphatic carbocycles. The van der Waals surface area contributed by atoms with E-state index >= 15 is 0 Å². The topological polar surface area (TPSA) is 84.9 Å². The number of carbonyl (C=O) groups excluding carboxylic acids is 3. The fourth-order valence-corrected chi connectivity index (χ4v) is 2.68. The quantitative estimate of drug-likeness (QED) is 0.495. The molecule has 1 aromatic carbocycles. The Balaban J connectivity index is 1.84. The first-order valence-corrected chi connectivity index (χ1v) is 8.61. The van der Waals surface area contributed by atoms with E-state index in [1.165, 1.54) is 0 Å². The fourth-order valence-electron chi connectivity index (χ4n) is 2.68. The Morgan fingerprint density at radius 1 is 1.19 bits per heavy atom. The summed E-state index contributed by atoms with van der Waals surface area (Å²) in [7, 11) is 0. The number of piperidine rings is 1. The minimum absolute atomic E-state index is 0.0205. The molecular formula is C19H24N2O5. The summed E-state index contributed by atoms with van der Waals surface area (Å²) in [5, 5.41) is 2.97. The predicted molar refractivity (Wildman–Crippen MR) is 96.0 cm³/mol. The van der Waals surface area contributed by atoms with E-state index in [1.807, 2.05) is 0 Å². The Kier molecular flexibility index (Phi) is 6.77. The van der Waals surface area contributed by atoms with Gasteiger partial charge in [0.2, 0.25) is 5.91 Å². The molecule has 2 amide bonds. The smallest absolute Gasteiger partial charge is 0.434 e. The van der Waals surface area contributed by atoms with Crippen LogP contribution in [0.5, 0.6) is 5.75 Å². The van der Waals surface area contributed by atoms with Gasteiger partial charge in [0.25, 0.3) is 5.91 Å². The number of carbonyl (C=O) groups is 3. The van der Waals surface area contributed by atoms with Crippen molar-refractivity contribution >= 4 is 18.0 Å². The number of hydrogen-bond acceptors (Lipinski definition) is 5. The Labute approximate surface area is 153 Å². The van der Waals surface area contributed by atoms with E-state index in [1.54, 1.807) is 43.0 Å². The van der Waals surface area contributed by atoms with Gasteiger partial charge in [0.1, 0.15) is 5.75 Å². The molecule has 1 saturated heterocycles. The van der Waals surface area contributed by atoms with E-state index in [0.29, 0.717) is 42.8 Å². The molecule has 7 heteroatoms. The third kappa shape index (κ3) is 5.34. The van der Waals surface area contributed by atoms with Crippen molar-refractivity contribution in [2.24, 2.45) is 0 Å². The minimum atomic E-state index is -0.777. The van der Waals surface area contributed by atoms with Crippen LogP contribution in [0, 0.1) is 0 Å². The van der Waals surface area contributed by atoms with Gasteiger partial charge in [-0.05, 0) is 51.0 Å². The number of benzene rings is 1. The van der Waals surface area contributed by atoms with Gasteiger partial charge in [0, 0.05) is 30.3 Å². The minimum Gasteiger partial charge on any atom is -0.434 e. The highest BCUT2D eigenvalue weighted by Gasteiger charge is 2.24. The van der Waals surface area contributed by atoms with Gasteiger partial charge in [0.05, 0.1) is 6.61 Å². The second-order valence-electron chi connectivity index (χ2n) is 6.13.